The summed E-state index contributed by atoms with van der Waals surface area (Å²) in [4.78, 5) is 35.3. The zero-order chi connectivity index (χ0) is 18.3. The van der Waals surface area contributed by atoms with E-state index in [0.717, 1.165) is 0 Å². The van der Waals surface area contributed by atoms with Crippen LogP contribution in [0, 0.1) is 0 Å². The van der Waals surface area contributed by atoms with Gasteiger partial charge in [0.1, 0.15) is 5.75 Å². The summed E-state index contributed by atoms with van der Waals surface area (Å²) >= 11 is 0. The number of ether oxygens (including phenoxy) is 3. The van der Waals surface area contributed by atoms with Gasteiger partial charge in [0.2, 0.25) is 0 Å². The van der Waals surface area contributed by atoms with Crippen LogP contribution < -0.4 is 30.4 Å². The average Bonchev–Trinajstić information content (AvgIpc) is 2.57. The van der Waals surface area contributed by atoms with E-state index in [-0.39, 0.29) is 17.4 Å². The molecule has 3 amide bonds. The van der Waals surface area contributed by atoms with Gasteiger partial charge in [-0.05, 0) is 13.8 Å². The maximum Gasteiger partial charge on any atom is 0.327 e. The Hall–Kier alpha value is -2.97. The molecule has 0 saturated carbocycles. The summed E-state index contributed by atoms with van der Waals surface area (Å²) in [5, 5.41) is 2.40. The topological polar surface area (TPSA) is 115 Å². The van der Waals surface area contributed by atoms with Crippen LogP contribution in [-0.4, -0.2) is 45.1 Å². The molecule has 0 aliphatic carbocycles. The quantitative estimate of drug-likeness (QED) is 0.514. The number of hydrogen-bond donors (Lipinski definition) is 3. The van der Waals surface area contributed by atoms with Crippen molar-refractivity contribution in [2.24, 2.45) is 0 Å². The van der Waals surface area contributed by atoms with Crippen molar-refractivity contribution < 1.29 is 28.6 Å². The predicted octanol–water partition coefficient (Wildman–Crippen LogP) is -0.00200. The largest absolute Gasteiger partial charge is 0.496 e. The molecular weight excluding hydrogens is 318 g/mol. The highest BCUT2D eigenvalue weighted by Crippen LogP contribution is 2.34. The third-order valence-electron chi connectivity index (χ3n) is 2.87. The summed E-state index contributed by atoms with van der Waals surface area (Å²) in [5.41, 5.74) is 4.26. The van der Waals surface area contributed by atoms with Crippen LogP contribution in [0.25, 0.3) is 0 Å². The summed E-state index contributed by atoms with van der Waals surface area (Å²) in [6, 6.07) is 2.67. The van der Waals surface area contributed by atoms with E-state index < -0.39 is 17.7 Å². The van der Waals surface area contributed by atoms with Crippen LogP contribution in [0.1, 0.15) is 24.2 Å². The molecule has 1 aromatic carbocycles. The van der Waals surface area contributed by atoms with Gasteiger partial charge in [0.15, 0.2) is 11.5 Å². The number of carbonyl (C=O) groups excluding carboxylic acids is 3. The van der Waals surface area contributed by atoms with E-state index in [1.165, 1.54) is 33.5 Å². The van der Waals surface area contributed by atoms with Gasteiger partial charge in [-0.1, -0.05) is 0 Å². The number of methoxy groups -OCH3 is 3. The Morgan fingerprint density at radius 2 is 1.38 bits per heavy atom. The van der Waals surface area contributed by atoms with E-state index in [4.69, 9.17) is 14.2 Å². The van der Waals surface area contributed by atoms with E-state index in [0.29, 0.717) is 11.5 Å². The Labute approximate surface area is 139 Å². The molecule has 0 heterocycles. The lowest BCUT2D eigenvalue weighted by atomic mass is 10.1. The number of nitrogens with one attached hydrogen (secondary N) is 3. The molecule has 0 fully saturated rings. The van der Waals surface area contributed by atoms with Gasteiger partial charge in [0, 0.05) is 18.2 Å². The van der Waals surface area contributed by atoms with Gasteiger partial charge in [-0.25, -0.2) is 0 Å². The Balaban J connectivity index is 2.87. The fourth-order valence-corrected chi connectivity index (χ4v) is 1.77. The normalized spacial score (nSPS) is 9.92. The van der Waals surface area contributed by atoms with Crippen molar-refractivity contribution in [3.63, 3.8) is 0 Å². The van der Waals surface area contributed by atoms with Gasteiger partial charge in [0.05, 0.1) is 26.9 Å². The zero-order valence-electron chi connectivity index (χ0n) is 14.2. The van der Waals surface area contributed by atoms with Crippen molar-refractivity contribution in [1.29, 1.82) is 0 Å². The Morgan fingerprint density at radius 3 is 1.88 bits per heavy atom. The third kappa shape index (κ3) is 4.77. The molecule has 0 aliphatic heterocycles. The molecule has 0 atom stereocenters. The number of hydrogen-bond acceptors (Lipinski definition) is 6. The van der Waals surface area contributed by atoms with Crippen LogP contribution in [-0.2, 0) is 9.59 Å². The standard InChI is InChI=1S/C15H21N3O6/c1-8(2)16-14(20)15(21)18-17-13(19)9-6-11(23-4)12(24-5)7-10(9)22-3/h6-8H,1-5H3,(H,16,20)(H,17,19)(H,18,21). The lowest BCUT2D eigenvalue weighted by Gasteiger charge is -2.14. The van der Waals surface area contributed by atoms with E-state index in [1.807, 2.05) is 5.43 Å². The van der Waals surface area contributed by atoms with Crippen molar-refractivity contribution >= 4 is 17.7 Å². The summed E-state index contributed by atoms with van der Waals surface area (Å²) in [5.74, 6) is -1.62. The molecule has 1 rings (SSSR count). The first-order valence-corrected chi connectivity index (χ1v) is 7.05. The summed E-state index contributed by atoms with van der Waals surface area (Å²) in [6.07, 6.45) is 0. The number of amides is 3. The summed E-state index contributed by atoms with van der Waals surface area (Å²) in [6.45, 7) is 3.41. The molecule has 0 aliphatic rings. The van der Waals surface area contributed by atoms with Gasteiger partial charge >= 0.3 is 11.8 Å². The fraction of sp³-hybridized carbons (Fsp3) is 0.400. The lowest BCUT2D eigenvalue weighted by molar-refractivity contribution is -0.139. The maximum absolute atomic E-state index is 12.2. The monoisotopic (exact) mass is 339 g/mol. The van der Waals surface area contributed by atoms with E-state index in [9.17, 15) is 14.4 Å². The summed E-state index contributed by atoms with van der Waals surface area (Å²) < 4.78 is 15.4. The molecule has 0 bridgehead atoms. The first kappa shape index (κ1) is 19.1. The third-order valence-corrected chi connectivity index (χ3v) is 2.87. The van der Waals surface area contributed by atoms with E-state index in [1.54, 1.807) is 13.8 Å². The number of carbonyl (C=O) groups is 3. The highest BCUT2D eigenvalue weighted by molar-refractivity contribution is 6.35. The molecule has 0 aromatic heterocycles. The minimum Gasteiger partial charge on any atom is -0.496 e. The van der Waals surface area contributed by atoms with Gasteiger partial charge in [-0.15, -0.1) is 0 Å². The van der Waals surface area contributed by atoms with Gasteiger partial charge in [0.25, 0.3) is 5.91 Å². The molecule has 3 N–H and O–H groups in total. The van der Waals surface area contributed by atoms with Gasteiger partial charge in [-0.3, -0.25) is 25.2 Å². The van der Waals surface area contributed by atoms with Gasteiger partial charge < -0.3 is 19.5 Å². The number of rotatable bonds is 5. The lowest BCUT2D eigenvalue weighted by Crippen LogP contribution is -2.49. The second kappa shape index (κ2) is 8.61. The maximum atomic E-state index is 12.2. The van der Waals surface area contributed by atoms with Crippen LogP contribution in [0.3, 0.4) is 0 Å². The Morgan fingerprint density at radius 1 is 0.833 bits per heavy atom. The smallest absolute Gasteiger partial charge is 0.327 e. The van der Waals surface area contributed by atoms with Crippen molar-refractivity contribution in [2.75, 3.05) is 21.3 Å². The SMILES string of the molecule is COc1cc(OC)c(C(=O)NNC(=O)C(=O)NC(C)C)cc1OC. The molecular formula is C15H21N3O6. The second-order valence-corrected chi connectivity index (χ2v) is 4.94. The Bertz CT molecular complexity index is 630. The Kier molecular flexibility index (Phi) is 6.84. The van der Waals surface area contributed by atoms with Crippen LogP contribution in [0.5, 0.6) is 17.2 Å². The minimum absolute atomic E-state index is 0.0970. The molecule has 0 unspecified atom stereocenters. The minimum atomic E-state index is -0.989. The van der Waals surface area contributed by atoms with Crippen LogP contribution in [0.2, 0.25) is 0 Å². The highest BCUT2D eigenvalue weighted by atomic mass is 16.5. The van der Waals surface area contributed by atoms with Crippen molar-refractivity contribution in [1.82, 2.24) is 16.2 Å². The van der Waals surface area contributed by atoms with Crippen molar-refractivity contribution in [2.45, 2.75) is 19.9 Å². The molecule has 9 nitrogen and oxygen atoms in total. The van der Waals surface area contributed by atoms with Crippen LogP contribution in [0.15, 0.2) is 12.1 Å². The molecule has 132 valence electrons. The van der Waals surface area contributed by atoms with E-state index in [2.05, 4.69) is 10.7 Å². The predicted molar refractivity (Wildman–Crippen MR) is 85.0 cm³/mol. The molecule has 24 heavy (non-hydrogen) atoms. The van der Waals surface area contributed by atoms with Crippen molar-refractivity contribution in [3.05, 3.63) is 17.7 Å². The zero-order valence-corrected chi connectivity index (χ0v) is 14.2. The molecule has 0 spiro atoms. The highest BCUT2D eigenvalue weighted by Gasteiger charge is 2.20. The number of benzene rings is 1. The average molecular weight is 339 g/mol. The molecule has 1 aromatic rings. The van der Waals surface area contributed by atoms with E-state index >= 15 is 0 Å². The first-order chi connectivity index (χ1) is 11.3. The number of hydrazine groups is 1. The second-order valence-electron chi connectivity index (χ2n) is 4.94. The van der Waals surface area contributed by atoms with Crippen LogP contribution in [0.4, 0.5) is 0 Å². The fourth-order valence-electron chi connectivity index (χ4n) is 1.77. The molecule has 0 saturated heterocycles. The molecule has 9 heteroatoms. The summed E-state index contributed by atoms with van der Waals surface area (Å²) in [7, 11) is 4.25. The van der Waals surface area contributed by atoms with Crippen LogP contribution >= 0.6 is 0 Å². The molecule has 0 radical (unpaired) electrons. The first-order valence-electron chi connectivity index (χ1n) is 7.05. The van der Waals surface area contributed by atoms with Gasteiger partial charge in [-0.2, -0.15) is 0 Å². The van der Waals surface area contributed by atoms with Crippen molar-refractivity contribution in [3.8, 4) is 17.2 Å².